The van der Waals surface area contributed by atoms with Gasteiger partial charge in [0, 0.05) is 24.5 Å². The number of rotatable bonds is 6. The van der Waals surface area contributed by atoms with Gasteiger partial charge in [0.05, 0.1) is 32.5 Å². The fourth-order valence-electron chi connectivity index (χ4n) is 3.11. The molecule has 2 aromatic rings. The summed E-state index contributed by atoms with van der Waals surface area (Å²) < 4.78 is 15.8. The van der Waals surface area contributed by atoms with Crippen LogP contribution in [-0.2, 0) is 9.53 Å². The molecule has 0 radical (unpaired) electrons. The Morgan fingerprint density at radius 1 is 1.20 bits per heavy atom. The average molecular weight is 428 g/mol. The highest BCUT2D eigenvalue weighted by Crippen LogP contribution is 2.36. The van der Waals surface area contributed by atoms with Gasteiger partial charge in [-0.2, -0.15) is 5.26 Å². The number of methoxy groups -OCH3 is 2. The van der Waals surface area contributed by atoms with Crippen molar-refractivity contribution < 1.29 is 19.0 Å². The second kappa shape index (κ2) is 10.0. The zero-order valence-electron chi connectivity index (χ0n) is 16.8. The lowest BCUT2D eigenvalue weighted by Crippen LogP contribution is -2.36. The number of hydrogen-bond acceptors (Lipinski definition) is 6. The Balaban J connectivity index is 1.75. The fourth-order valence-corrected chi connectivity index (χ4v) is 3.41. The third kappa shape index (κ3) is 5.03. The van der Waals surface area contributed by atoms with Crippen LogP contribution in [0.2, 0.25) is 5.02 Å². The van der Waals surface area contributed by atoms with Gasteiger partial charge in [0.2, 0.25) is 0 Å². The van der Waals surface area contributed by atoms with Crippen LogP contribution in [0.5, 0.6) is 11.5 Å². The van der Waals surface area contributed by atoms with E-state index in [-0.39, 0.29) is 5.57 Å². The maximum absolute atomic E-state index is 12.6. The van der Waals surface area contributed by atoms with Crippen LogP contribution < -0.4 is 19.7 Å². The summed E-state index contributed by atoms with van der Waals surface area (Å²) >= 11 is 6.20. The molecular formula is C22H22ClN3O4. The Kier molecular flexibility index (Phi) is 7.17. The zero-order valence-corrected chi connectivity index (χ0v) is 17.5. The molecule has 1 saturated heterocycles. The van der Waals surface area contributed by atoms with Crippen LogP contribution in [0.4, 0.5) is 11.4 Å². The molecule has 1 aliphatic rings. The summed E-state index contributed by atoms with van der Waals surface area (Å²) in [5.74, 6) is 0.287. The third-order valence-corrected chi connectivity index (χ3v) is 4.91. The van der Waals surface area contributed by atoms with E-state index in [0.29, 0.717) is 41.0 Å². The summed E-state index contributed by atoms with van der Waals surface area (Å²) in [5, 5.41) is 12.5. The van der Waals surface area contributed by atoms with Gasteiger partial charge in [-0.1, -0.05) is 11.6 Å². The molecule has 0 saturated carbocycles. The van der Waals surface area contributed by atoms with Crippen LogP contribution >= 0.6 is 11.6 Å². The number of nitrogens with zero attached hydrogens (tertiary/aromatic N) is 2. The first kappa shape index (κ1) is 21.5. The van der Waals surface area contributed by atoms with E-state index in [1.54, 1.807) is 12.1 Å². The van der Waals surface area contributed by atoms with Crippen LogP contribution in [0.15, 0.2) is 42.0 Å². The number of halogens is 1. The Labute approximate surface area is 180 Å². The summed E-state index contributed by atoms with van der Waals surface area (Å²) in [7, 11) is 2.97. The molecule has 30 heavy (non-hydrogen) atoms. The van der Waals surface area contributed by atoms with Crippen molar-refractivity contribution in [3.63, 3.8) is 0 Å². The summed E-state index contributed by atoms with van der Waals surface area (Å²) in [5.41, 5.74) is 2.15. The van der Waals surface area contributed by atoms with Gasteiger partial charge in [0.25, 0.3) is 5.91 Å². The van der Waals surface area contributed by atoms with E-state index in [1.165, 1.54) is 20.3 Å². The molecule has 1 N–H and O–H groups in total. The van der Waals surface area contributed by atoms with E-state index in [9.17, 15) is 10.1 Å². The molecular weight excluding hydrogens is 406 g/mol. The minimum absolute atomic E-state index is 0.0597. The van der Waals surface area contributed by atoms with Crippen molar-refractivity contribution in [3.8, 4) is 17.6 Å². The molecule has 0 aliphatic carbocycles. The van der Waals surface area contributed by atoms with Crippen molar-refractivity contribution in [2.24, 2.45) is 0 Å². The molecule has 7 nitrogen and oxygen atoms in total. The SMILES string of the molecule is COc1cc(/C=C(\C#N)C(=O)Nc2ccc(N3CCOCC3)cc2)cc(Cl)c1OC. The molecule has 2 aromatic carbocycles. The summed E-state index contributed by atoms with van der Waals surface area (Å²) in [6.07, 6.45) is 1.45. The van der Waals surface area contributed by atoms with E-state index >= 15 is 0 Å². The molecule has 0 spiro atoms. The number of nitriles is 1. The van der Waals surface area contributed by atoms with Crippen LogP contribution in [0.3, 0.4) is 0 Å². The zero-order chi connectivity index (χ0) is 21.5. The highest BCUT2D eigenvalue weighted by molar-refractivity contribution is 6.32. The predicted octanol–water partition coefficient (Wildman–Crippen LogP) is 3.74. The molecule has 3 rings (SSSR count). The van der Waals surface area contributed by atoms with Crippen molar-refractivity contribution in [1.29, 1.82) is 5.26 Å². The van der Waals surface area contributed by atoms with Crippen molar-refractivity contribution >= 4 is 35.0 Å². The van der Waals surface area contributed by atoms with E-state index in [1.807, 2.05) is 30.3 Å². The molecule has 0 bridgehead atoms. The Hall–Kier alpha value is -3.21. The summed E-state index contributed by atoms with van der Waals surface area (Å²) in [6, 6.07) is 12.7. The predicted molar refractivity (Wildman–Crippen MR) is 116 cm³/mol. The van der Waals surface area contributed by atoms with Gasteiger partial charge in [0.1, 0.15) is 11.6 Å². The molecule has 1 heterocycles. The van der Waals surface area contributed by atoms with Crippen LogP contribution in [0.1, 0.15) is 5.56 Å². The van der Waals surface area contributed by atoms with Gasteiger partial charge in [-0.3, -0.25) is 4.79 Å². The van der Waals surface area contributed by atoms with Crippen molar-refractivity contribution in [2.45, 2.75) is 0 Å². The summed E-state index contributed by atoms with van der Waals surface area (Å²) in [4.78, 5) is 14.8. The molecule has 1 fully saturated rings. The average Bonchev–Trinajstić information content (AvgIpc) is 2.78. The second-order valence-corrected chi connectivity index (χ2v) is 6.92. The maximum Gasteiger partial charge on any atom is 0.266 e. The second-order valence-electron chi connectivity index (χ2n) is 6.51. The standard InChI is InChI=1S/C22H22ClN3O4/c1-28-20-13-15(12-19(23)21(20)29-2)11-16(14-24)22(27)25-17-3-5-18(6-4-17)26-7-9-30-10-8-26/h3-6,11-13H,7-10H2,1-2H3,(H,25,27)/b16-11+. The number of anilines is 2. The highest BCUT2D eigenvalue weighted by atomic mass is 35.5. The van der Waals surface area contributed by atoms with Crippen LogP contribution in [0, 0.1) is 11.3 Å². The molecule has 1 amide bonds. The Morgan fingerprint density at radius 3 is 2.50 bits per heavy atom. The largest absolute Gasteiger partial charge is 0.493 e. The van der Waals surface area contributed by atoms with Crippen LogP contribution in [0.25, 0.3) is 6.08 Å². The quantitative estimate of drug-likeness (QED) is 0.558. The summed E-state index contributed by atoms with van der Waals surface area (Å²) in [6.45, 7) is 3.08. The number of nitrogens with one attached hydrogen (secondary N) is 1. The Morgan fingerprint density at radius 2 is 1.90 bits per heavy atom. The minimum atomic E-state index is -0.512. The first-order valence-corrected chi connectivity index (χ1v) is 9.71. The van der Waals surface area contributed by atoms with Gasteiger partial charge in [-0.15, -0.1) is 0 Å². The number of hydrogen-bond donors (Lipinski definition) is 1. The van der Waals surface area contributed by atoms with E-state index in [4.69, 9.17) is 25.8 Å². The molecule has 0 atom stereocenters. The third-order valence-electron chi connectivity index (χ3n) is 4.63. The van der Waals surface area contributed by atoms with Crippen molar-refractivity contribution in [3.05, 3.63) is 52.6 Å². The lowest BCUT2D eigenvalue weighted by atomic mass is 10.1. The monoisotopic (exact) mass is 427 g/mol. The highest BCUT2D eigenvalue weighted by Gasteiger charge is 2.14. The van der Waals surface area contributed by atoms with E-state index in [0.717, 1.165) is 18.8 Å². The van der Waals surface area contributed by atoms with Crippen molar-refractivity contribution in [2.75, 3.05) is 50.7 Å². The lowest BCUT2D eigenvalue weighted by Gasteiger charge is -2.28. The Bertz CT molecular complexity index is 977. The smallest absolute Gasteiger partial charge is 0.266 e. The lowest BCUT2D eigenvalue weighted by molar-refractivity contribution is -0.112. The van der Waals surface area contributed by atoms with Gasteiger partial charge < -0.3 is 24.4 Å². The van der Waals surface area contributed by atoms with E-state index in [2.05, 4.69) is 10.2 Å². The number of amides is 1. The van der Waals surface area contributed by atoms with Crippen molar-refractivity contribution in [1.82, 2.24) is 0 Å². The van der Waals surface area contributed by atoms with Gasteiger partial charge in [-0.25, -0.2) is 0 Å². The topological polar surface area (TPSA) is 83.8 Å². The minimum Gasteiger partial charge on any atom is -0.493 e. The molecule has 8 heteroatoms. The van der Waals surface area contributed by atoms with Gasteiger partial charge in [-0.05, 0) is 48.0 Å². The normalized spacial score (nSPS) is 14.1. The van der Waals surface area contributed by atoms with Crippen LogP contribution in [-0.4, -0.2) is 46.4 Å². The van der Waals surface area contributed by atoms with E-state index < -0.39 is 5.91 Å². The molecule has 1 aliphatic heterocycles. The number of carbonyl (C=O) groups is 1. The number of benzene rings is 2. The molecule has 0 aromatic heterocycles. The number of carbonyl (C=O) groups excluding carboxylic acids is 1. The maximum atomic E-state index is 12.6. The fraction of sp³-hybridized carbons (Fsp3) is 0.273. The van der Waals surface area contributed by atoms with Gasteiger partial charge in [0.15, 0.2) is 11.5 Å². The first-order chi connectivity index (χ1) is 14.5. The van der Waals surface area contributed by atoms with Gasteiger partial charge >= 0.3 is 0 Å². The first-order valence-electron chi connectivity index (χ1n) is 9.33. The molecule has 0 unspecified atom stereocenters. The molecule has 156 valence electrons. The number of morpholine rings is 1. The number of ether oxygens (including phenoxy) is 3.